The molecule has 2 fully saturated rings. The van der Waals surface area contributed by atoms with Crippen LogP contribution in [0.25, 0.3) is 10.9 Å². The van der Waals surface area contributed by atoms with Gasteiger partial charge in [0, 0.05) is 19.7 Å². The Morgan fingerprint density at radius 1 is 1.20 bits per heavy atom. The van der Waals surface area contributed by atoms with Crippen molar-refractivity contribution in [3.8, 4) is 17.6 Å². The average molecular weight is 569 g/mol. The molecule has 12 heteroatoms. The number of hydrogen-bond acceptors (Lipinski definition) is 7. The van der Waals surface area contributed by atoms with Gasteiger partial charge in [0.15, 0.2) is 11.6 Å². The fourth-order valence-electron chi connectivity index (χ4n) is 5.29. The zero-order valence-corrected chi connectivity index (χ0v) is 24.0. The summed E-state index contributed by atoms with van der Waals surface area (Å²) in [5.41, 5.74) is -0.999. The fraction of sp³-hybridized carbons (Fsp3) is 0.429. The quantitative estimate of drug-likeness (QED) is 0.433. The lowest BCUT2D eigenvalue weighted by Gasteiger charge is -2.39. The molecule has 0 unspecified atom stereocenters. The molecule has 40 heavy (non-hydrogen) atoms. The van der Waals surface area contributed by atoms with Crippen LogP contribution in [0.4, 0.5) is 13.6 Å². The van der Waals surface area contributed by atoms with Crippen molar-refractivity contribution in [3.63, 3.8) is 0 Å². The Hall–Kier alpha value is -3.82. The smallest absolute Gasteiger partial charge is 0.410 e. The fourth-order valence-corrected chi connectivity index (χ4v) is 7.24. The van der Waals surface area contributed by atoms with E-state index in [0.29, 0.717) is 38.1 Å². The number of carbonyl (C=O) groups is 1. The summed E-state index contributed by atoms with van der Waals surface area (Å²) in [4.78, 5) is 31.9. The Morgan fingerprint density at radius 2 is 1.93 bits per heavy atom. The second-order valence-electron chi connectivity index (χ2n) is 11.4. The van der Waals surface area contributed by atoms with Crippen LogP contribution in [0.2, 0.25) is 5.54 Å². The maximum absolute atomic E-state index is 14.3. The molecule has 0 bridgehead atoms. The molecule has 1 atom stereocenters. The molecule has 0 N–H and O–H groups in total. The summed E-state index contributed by atoms with van der Waals surface area (Å²) in [5, 5.41) is 9.51. The molecule has 0 saturated carbocycles. The van der Waals surface area contributed by atoms with E-state index in [1.165, 1.54) is 12.1 Å². The van der Waals surface area contributed by atoms with Gasteiger partial charge in [-0.15, -0.1) is 0 Å². The predicted octanol–water partition coefficient (Wildman–Crippen LogP) is 4.25. The summed E-state index contributed by atoms with van der Waals surface area (Å²) in [5.74, 6) is -2.24. The average Bonchev–Trinajstić information content (AvgIpc) is 3.29. The van der Waals surface area contributed by atoms with E-state index < -0.39 is 38.2 Å². The first kappa shape index (κ1) is 27.7. The highest BCUT2D eigenvalue weighted by Crippen LogP contribution is 2.41. The van der Waals surface area contributed by atoms with Gasteiger partial charge < -0.3 is 23.3 Å². The normalized spacial score (nSPS) is 18.9. The van der Waals surface area contributed by atoms with E-state index in [2.05, 4.69) is 4.98 Å². The zero-order chi connectivity index (χ0) is 28.7. The van der Waals surface area contributed by atoms with Crippen LogP contribution < -0.4 is 10.3 Å². The van der Waals surface area contributed by atoms with Crippen LogP contribution in [0.5, 0.6) is 11.5 Å². The topological polar surface area (TPSA) is 107 Å². The molecule has 9 nitrogen and oxygen atoms in total. The molecule has 0 radical (unpaired) electrons. The Labute approximate surface area is 232 Å². The van der Waals surface area contributed by atoms with Gasteiger partial charge >= 0.3 is 6.09 Å². The SMILES string of the molecule is CC(C)(C)OC(=O)N1CCC2(CC1)C[C@H]([SiH2]n1cnc3ccc(Oc4c(F)ccc(F)c4C#N)cc3c1=O)CO2. The minimum absolute atomic E-state index is 0.0896. The summed E-state index contributed by atoms with van der Waals surface area (Å²) in [6.45, 7) is 7.20. The van der Waals surface area contributed by atoms with Crippen LogP contribution in [-0.2, 0) is 9.47 Å². The Kier molecular flexibility index (Phi) is 7.37. The minimum Gasteiger partial charge on any atom is -0.453 e. The summed E-state index contributed by atoms with van der Waals surface area (Å²) >= 11 is 0. The molecule has 2 aliphatic rings. The van der Waals surface area contributed by atoms with Crippen molar-refractivity contribution >= 4 is 26.7 Å². The number of piperidine rings is 1. The number of likely N-dealkylation sites (tertiary alicyclic amines) is 1. The molecule has 3 aromatic rings. The second kappa shape index (κ2) is 10.6. The van der Waals surface area contributed by atoms with Crippen LogP contribution in [0, 0.1) is 23.0 Å². The third-order valence-electron chi connectivity index (χ3n) is 7.25. The molecule has 5 rings (SSSR count). The molecule has 1 spiro atoms. The number of halogens is 2. The zero-order valence-electron chi connectivity index (χ0n) is 22.6. The van der Waals surface area contributed by atoms with Crippen molar-refractivity contribution in [1.82, 2.24) is 14.1 Å². The largest absolute Gasteiger partial charge is 0.453 e. The van der Waals surface area contributed by atoms with Gasteiger partial charge in [-0.3, -0.25) is 4.79 Å². The molecule has 1 aromatic heterocycles. The number of carbonyl (C=O) groups excluding carboxylic acids is 1. The van der Waals surface area contributed by atoms with Gasteiger partial charge in [-0.1, -0.05) is 0 Å². The highest BCUT2D eigenvalue weighted by Gasteiger charge is 2.44. The Balaban J connectivity index is 1.28. The molecule has 1 amide bonds. The van der Waals surface area contributed by atoms with Gasteiger partial charge in [-0.2, -0.15) is 5.26 Å². The summed E-state index contributed by atoms with van der Waals surface area (Å²) in [7, 11) is -1.15. The minimum atomic E-state index is -1.15. The number of rotatable bonds is 4. The van der Waals surface area contributed by atoms with Crippen molar-refractivity contribution < 1.29 is 27.8 Å². The first-order valence-corrected chi connectivity index (χ1v) is 14.6. The number of nitrogens with zero attached hydrogens (tertiary/aromatic N) is 4. The molecular formula is C28H30F2N4O5Si. The van der Waals surface area contributed by atoms with Crippen molar-refractivity contribution in [1.29, 1.82) is 5.26 Å². The van der Waals surface area contributed by atoms with Crippen molar-refractivity contribution in [2.24, 2.45) is 0 Å². The van der Waals surface area contributed by atoms with Gasteiger partial charge in [-0.05, 0) is 75.9 Å². The maximum atomic E-state index is 14.3. The predicted molar refractivity (Wildman–Crippen MR) is 145 cm³/mol. The van der Waals surface area contributed by atoms with Crippen LogP contribution in [0.3, 0.4) is 0 Å². The van der Waals surface area contributed by atoms with E-state index in [-0.39, 0.29) is 33.9 Å². The molecule has 2 aromatic carbocycles. The first-order chi connectivity index (χ1) is 19.0. The number of fused-ring (bicyclic) bond motifs is 1. The summed E-state index contributed by atoms with van der Waals surface area (Å²) in [6.07, 6.45) is 3.47. The number of aromatic nitrogens is 2. The van der Waals surface area contributed by atoms with Crippen LogP contribution in [0.1, 0.15) is 45.6 Å². The number of nitriles is 1. The number of hydrogen-bond donors (Lipinski definition) is 0. The third kappa shape index (κ3) is 5.71. The lowest BCUT2D eigenvalue weighted by Crippen LogP contribution is -2.47. The Bertz CT molecular complexity index is 1560. The van der Waals surface area contributed by atoms with Gasteiger partial charge in [0.05, 0.1) is 22.8 Å². The van der Waals surface area contributed by atoms with E-state index in [0.717, 1.165) is 18.6 Å². The van der Waals surface area contributed by atoms with E-state index in [9.17, 15) is 23.6 Å². The Morgan fingerprint density at radius 3 is 2.62 bits per heavy atom. The van der Waals surface area contributed by atoms with E-state index >= 15 is 0 Å². The molecule has 0 aliphatic carbocycles. The van der Waals surface area contributed by atoms with Gasteiger partial charge in [0.1, 0.15) is 38.5 Å². The molecule has 3 heterocycles. The van der Waals surface area contributed by atoms with Gasteiger partial charge in [-0.25, -0.2) is 18.6 Å². The maximum Gasteiger partial charge on any atom is 0.410 e. The monoisotopic (exact) mass is 568 g/mol. The van der Waals surface area contributed by atoms with Gasteiger partial charge in [0.25, 0.3) is 5.56 Å². The second-order valence-corrected chi connectivity index (χ2v) is 13.6. The van der Waals surface area contributed by atoms with Gasteiger partial charge in [0.2, 0.25) is 0 Å². The standard InChI is InChI=1S/C28H30F2N4O5Si/c1-27(2,3)39-26(36)33-10-8-28(9-11-33)13-18(15-37-28)40-34-16-32-23-7-4-17(12-19(23)25(34)35)38-24-20(14-31)21(29)5-6-22(24)30/h4-7,12,16,18H,8-11,13,15,40H2,1-3H3/t18-/m0/s1. The van der Waals surface area contributed by atoms with E-state index in [1.807, 2.05) is 20.8 Å². The van der Waals surface area contributed by atoms with Crippen LogP contribution in [0.15, 0.2) is 41.5 Å². The van der Waals surface area contributed by atoms with Crippen LogP contribution in [-0.4, -0.2) is 60.8 Å². The molecular weight excluding hydrogens is 538 g/mol. The first-order valence-electron chi connectivity index (χ1n) is 13.1. The number of amides is 1. The van der Waals surface area contributed by atoms with Crippen LogP contribution >= 0.6 is 0 Å². The van der Waals surface area contributed by atoms with E-state index in [4.69, 9.17) is 14.2 Å². The summed E-state index contributed by atoms with van der Waals surface area (Å²) in [6, 6.07) is 7.83. The number of ether oxygens (including phenoxy) is 3. The van der Waals surface area contributed by atoms with Crippen molar-refractivity contribution in [3.05, 3.63) is 64.2 Å². The number of benzene rings is 2. The summed E-state index contributed by atoms with van der Waals surface area (Å²) < 4.78 is 47.2. The highest BCUT2D eigenvalue weighted by molar-refractivity contribution is 6.36. The highest BCUT2D eigenvalue weighted by atomic mass is 28.2. The lowest BCUT2D eigenvalue weighted by molar-refractivity contribution is -0.0484. The van der Waals surface area contributed by atoms with E-state index in [1.54, 1.807) is 27.6 Å². The van der Waals surface area contributed by atoms with Crippen molar-refractivity contribution in [2.45, 2.75) is 56.8 Å². The molecule has 2 saturated heterocycles. The lowest BCUT2D eigenvalue weighted by atomic mass is 9.89. The molecule has 2 aliphatic heterocycles. The third-order valence-corrected chi connectivity index (χ3v) is 9.14. The van der Waals surface area contributed by atoms with Crippen molar-refractivity contribution in [2.75, 3.05) is 19.7 Å². The molecule has 210 valence electrons.